The highest BCUT2D eigenvalue weighted by molar-refractivity contribution is 7.92. The molecule has 174 valence electrons. The summed E-state index contributed by atoms with van der Waals surface area (Å²) < 4.78 is 29.7. The molecule has 0 aliphatic carbocycles. The van der Waals surface area contributed by atoms with Gasteiger partial charge in [0.05, 0.1) is 11.4 Å². The second-order valence-corrected chi connectivity index (χ2v) is 9.81. The first-order valence-electron chi connectivity index (χ1n) is 10.8. The normalized spacial score (nSPS) is 11.2. The largest absolute Gasteiger partial charge is 0.348 e. The average molecular weight is 475 g/mol. The molecule has 0 fully saturated rings. The van der Waals surface area contributed by atoms with Crippen LogP contribution in [0, 0.1) is 13.8 Å². The minimum absolute atomic E-state index is 0.202. The lowest BCUT2D eigenvalue weighted by molar-refractivity contribution is 0.0951. The summed E-state index contributed by atoms with van der Waals surface area (Å²) in [5.41, 5.74) is 4.88. The number of nitrogens with zero attached hydrogens (tertiary/aromatic N) is 2. The van der Waals surface area contributed by atoms with Gasteiger partial charge >= 0.3 is 0 Å². The molecule has 1 amide bonds. The van der Waals surface area contributed by atoms with E-state index in [1.54, 1.807) is 48.7 Å². The fourth-order valence-electron chi connectivity index (χ4n) is 3.41. The number of sulfonamides is 1. The zero-order chi connectivity index (χ0) is 24.1. The van der Waals surface area contributed by atoms with Gasteiger partial charge in [0.1, 0.15) is 0 Å². The fraction of sp³-hybridized carbons (Fsp3) is 0.154. The molecule has 4 aromatic rings. The lowest BCUT2D eigenvalue weighted by atomic mass is 10.1. The third-order valence-electron chi connectivity index (χ3n) is 5.57. The van der Waals surface area contributed by atoms with Crippen LogP contribution in [-0.4, -0.2) is 24.1 Å². The van der Waals surface area contributed by atoms with Crippen molar-refractivity contribution in [2.45, 2.75) is 31.8 Å². The lowest BCUT2D eigenvalue weighted by Crippen LogP contribution is -2.22. The standard InChI is InChI=1S/C26H26N4O3S/c1-19-4-13-25(16-20(19)2)34(32,33)29-24-11-9-23(10-12-24)26(31)27-17-21-5-7-22(8-6-21)18-30-15-3-14-28-30/h3-16,29H,17-18H2,1-2H3,(H,27,31). The number of benzene rings is 3. The molecule has 7 nitrogen and oxygen atoms in total. The van der Waals surface area contributed by atoms with E-state index < -0.39 is 10.0 Å². The van der Waals surface area contributed by atoms with Gasteiger partial charge in [-0.15, -0.1) is 0 Å². The van der Waals surface area contributed by atoms with Crippen molar-refractivity contribution in [2.24, 2.45) is 0 Å². The molecule has 2 N–H and O–H groups in total. The van der Waals surface area contributed by atoms with Crippen LogP contribution in [0.25, 0.3) is 0 Å². The van der Waals surface area contributed by atoms with Gasteiger partial charge in [0.25, 0.3) is 15.9 Å². The average Bonchev–Trinajstić information content (AvgIpc) is 3.33. The van der Waals surface area contributed by atoms with Crippen LogP contribution in [0.2, 0.25) is 0 Å². The van der Waals surface area contributed by atoms with Crippen LogP contribution in [0.1, 0.15) is 32.6 Å². The van der Waals surface area contributed by atoms with Gasteiger partial charge in [-0.05, 0) is 78.6 Å². The van der Waals surface area contributed by atoms with E-state index in [1.165, 1.54) is 0 Å². The van der Waals surface area contributed by atoms with Gasteiger partial charge < -0.3 is 5.32 Å². The maximum absolute atomic E-state index is 12.7. The Balaban J connectivity index is 1.33. The van der Waals surface area contributed by atoms with Crippen molar-refractivity contribution in [3.05, 3.63) is 113 Å². The molecule has 1 heterocycles. The third-order valence-corrected chi connectivity index (χ3v) is 6.95. The number of aromatic nitrogens is 2. The van der Waals surface area contributed by atoms with Gasteiger partial charge in [-0.1, -0.05) is 30.3 Å². The highest BCUT2D eigenvalue weighted by atomic mass is 32.2. The quantitative estimate of drug-likeness (QED) is 0.399. The van der Waals surface area contributed by atoms with Gasteiger partial charge in [-0.2, -0.15) is 5.10 Å². The summed E-state index contributed by atoms with van der Waals surface area (Å²) in [4.78, 5) is 12.7. The number of hydrogen-bond acceptors (Lipinski definition) is 4. The van der Waals surface area contributed by atoms with E-state index in [-0.39, 0.29) is 10.8 Å². The Hall–Kier alpha value is -3.91. The molecule has 0 aliphatic heterocycles. The Kier molecular flexibility index (Phi) is 6.79. The Bertz CT molecular complexity index is 1380. The van der Waals surface area contributed by atoms with Gasteiger partial charge in [-0.25, -0.2) is 8.42 Å². The lowest BCUT2D eigenvalue weighted by Gasteiger charge is -2.11. The Morgan fingerprint density at radius 1 is 0.912 bits per heavy atom. The van der Waals surface area contributed by atoms with Gasteiger partial charge in [0.15, 0.2) is 0 Å². The molecule has 1 aromatic heterocycles. The number of nitrogens with one attached hydrogen (secondary N) is 2. The summed E-state index contributed by atoms with van der Waals surface area (Å²) in [5.74, 6) is -0.232. The van der Waals surface area contributed by atoms with Crippen LogP contribution < -0.4 is 10.0 Å². The molecule has 3 aromatic carbocycles. The fourth-order valence-corrected chi connectivity index (χ4v) is 4.56. The molecule has 0 bridgehead atoms. The number of hydrogen-bond donors (Lipinski definition) is 2. The van der Waals surface area contributed by atoms with E-state index >= 15 is 0 Å². The summed E-state index contributed by atoms with van der Waals surface area (Å²) in [7, 11) is -3.71. The van der Waals surface area contributed by atoms with Crippen LogP contribution in [-0.2, 0) is 23.1 Å². The molecule has 0 radical (unpaired) electrons. The highest BCUT2D eigenvalue weighted by Crippen LogP contribution is 2.19. The second-order valence-electron chi connectivity index (χ2n) is 8.13. The van der Waals surface area contributed by atoms with Crippen molar-refractivity contribution in [3.8, 4) is 0 Å². The molecule has 0 aliphatic rings. The van der Waals surface area contributed by atoms with Crippen molar-refractivity contribution in [2.75, 3.05) is 4.72 Å². The number of amides is 1. The third kappa shape index (κ3) is 5.71. The highest BCUT2D eigenvalue weighted by Gasteiger charge is 2.15. The summed E-state index contributed by atoms with van der Waals surface area (Å²) >= 11 is 0. The van der Waals surface area contributed by atoms with E-state index in [4.69, 9.17) is 0 Å². The van der Waals surface area contributed by atoms with E-state index in [1.807, 2.05) is 55.1 Å². The zero-order valence-corrected chi connectivity index (χ0v) is 19.8. The van der Waals surface area contributed by atoms with Crippen LogP contribution in [0.4, 0.5) is 5.69 Å². The van der Waals surface area contributed by atoms with Crippen molar-refractivity contribution in [1.29, 1.82) is 0 Å². The van der Waals surface area contributed by atoms with Gasteiger partial charge in [-0.3, -0.25) is 14.2 Å². The number of carbonyl (C=O) groups is 1. The summed E-state index contributed by atoms with van der Waals surface area (Å²) in [6.07, 6.45) is 3.66. The molecule has 0 saturated carbocycles. The Labute approximate surface area is 199 Å². The van der Waals surface area contributed by atoms with Crippen LogP contribution in [0.5, 0.6) is 0 Å². The molecule has 34 heavy (non-hydrogen) atoms. The smallest absolute Gasteiger partial charge is 0.261 e. The minimum Gasteiger partial charge on any atom is -0.348 e. The molecule has 4 rings (SSSR count). The number of rotatable bonds is 8. The second kappa shape index (κ2) is 9.93. The predicted molar refractivity (Wildman–Crippen MR) is 132 cm³/mol. The summed E-state index contributed by atoms with van der Waals surface area (Å²) in [6, 6.07) is 21.2. The molecular weight excluding hydrogens is 448 g/mol. The minimum atomic E-state index is -3.71. The monoisotopic (exact) mass is 474 g/mol. The van der Waals surface area contributed by atoms with Crippen LogP contribution in [0.3, 0.4) is 0 Å². The Morgan fingerprint density at radius 2 is 1.62 bits per heavy atom. The first kappa shape index (κ1) is 23.3. The first-order chi connectivity index (χ1) is 16.3. The topological polar surface area (TPSA) is 93.1 Å². The number of anilines is 1. The molecular formula is C26H26N4O3S. The van der Waals surface area contributed by atoms with E-state index in [2.05, 4.69) is 15.1 Å². The summed E-state index contributed by atoms with van der Waals surface area (Å²) in [6.45, 7) is 4.89. The van der Waals surface area contributed by atoms with Crippen molar-refractivity contribution in [1.82, 2.24) is 15.1 Å². The molecule has 0 atom stereocenters. The van der Waals surface area contributed by atoms with Crippen molar-refractivity contribution >= 4 is 21.6 Å². The number of aryl methyl sites for hydroxylation is 2. The molecule has 8 heteroatoms. The molecule has 0 spiro atoms. The molecule has 0 unspecified atom stereocenters. The number of carbonyl (C=O) groups excluding carboxylic acids is 1. The maximum Gasteiger partial charge on any atom is 0.261 e. The molecule has 0 saturated heterocycles. The van der Waals surface area contributed by atoms with Crippen molar-refractivity contribution < 1.29 is 13.2 Å². The maximum atomic E-state index is 12.7. The van der Waals surface area contributed by atoms with Crippen molar-refractivity contribution in [3.63, 3.8) is 0 Å². The predicted octanol–water partition coefficient (Wildman–Crippen LogP) is 4.28. The van der Waals surface area contributed by atoms with Gasteiger partial charge in [0, 0.05) is 30.2 Å². The first-order valence-corrected chi connectivity index (χ1v) is 12.3. The van der Waals surface area contributed by atoms with Gasteiger partial charge in [0.2, 0.25) is 0 Å². The van der Waals surface area contributed by atoms with Crippen LogP contribution in [0.15, 0.2) is 90.1 Å². The SMILES string of the molecule is Cc1ccc(S(=O)(=O)Nc2ccc(C(=O)NCc3ccc(Cn4cccn4)cc3)cc2)cc1C. The van der Waals surface area contributed by atoms with E-state index in [0.29, 0.717) is 24.3 Å². The Morgan fingerprint density at radius 3 is 2.26 bits per heavy atom. The van der Waals surface area contributed by atoms with E-state index in [9.17, 15) is 13.2 Å². The van der Waals surface area contributed by atoms with E-state index in [0.717, 1.165) is 22.3 Å². The zero-order valence-electron chi connectivity index (χ0n) is 19.0. The summed E-state index contributed by atoms with van der Waals surface area (Å²) in [5, 5.41) is 7.09. The van der Waals surface area contributed by atoms with Crippen LogP contribution >= 0.6 is 0 Å².